The Morgan fingerprint density at radius 1 is 0.971 bits per heavy atom. The summed E-state index contributed by atoms with van der Waals surface area (Å²) in [6.07, 6.45) is 3.72. The minimum absolute atomic E-state index is 0.0151. The lowest BCUT2D eigenvalue weighted by Crippen LogP contribution is -2.46. The zero-order chi connectivity index (χ0) is 25.1. The van der Waals surface area contributed by atoms with E-state index < -0.39 is 28.6 Å². The Morgan fingerprint density at radius 2 is 1.53 bits per heavy atom. The number of likely N-dealkylation sites (N-methyl/N-ethyl adjacent to an activating group) is 1. The fourth-order valence-electron chi connectivity index (χ4n) is 3.91. The molecular formula is C25H41N3O4Si2. The number of hydrogen-bond donors (Lipinski definition) is 0. The summed E-state index contributed by atoms with van der Waals surface area (Å²) in [5.41, 5.74) is 2.14. The molecule has 0 aromatic heterocycles. The first-order valence-electron chi connectivity index (χ1n) is 12.4. The van der Waals surface area contributed by atoms with Gasteiger partial charge in [-0.05, 0) is 76.9 Å². The highest BCUT2D eigenvalue weighted by Gasteiger charge is 2.34. The van der Waals surface area contributed by atoms with Gasteiger partial charge in [0.2, 0.25) is 16.6 Å². The Labute approximate surface area is 207 Å². The second-order valence-electron chi connectivity index (χ2n) is 11.1. The molecule has 1 aromatic carbocycles. The monoisotopic (exact) mass is 503 g/mol. The molecule has 1 saturated heterocycles. The highest BCUT2D eigenvalue weighted by molar-refractivity contribution is 6.72. The van der Waals surface area contributed by atoms with Crippen LogP contribution in [0.25, 0.3) is 0 Å². The normalized spacial score (nSPS) is 17.2. The lowest BCUT2D eigenvalue weighted by atomic mass is 10.2. The summed E-state index contributed by atoms with van der Waals surface area (Å²) in [7, 11) is -4.37. The van der Waals surface area contributed by atoms with Gasteiger partial charge in [0.1, 0.15) is 0 Å². The van der Waals surface area contributed by atoms with Crippen molar-refractivity contribution in [1.29, 1.82) is 0 Å². The summed E-state index contributed by atoms with van der Waals surface area (Å²) < 4.78 is 11.4. The average molecular weight is 504 g/mol. The van der Waals surface area contributed by atoms with Crippen molar-refractivity contribution in [3.63, 3.8) is 0 Å². The van der Waals surface area contributed by atoms with E-state index in [2.05, 4.69) is 39.8 Å². The van der Waals surface area contributed by atoms with Gasteiger partial charge >= 0.3 is 11.9 Å². The molecule has 0 spiro atoms. The summed E-state index contributed by atoms with van der Waals surface area (Å²) >= 11 is 0. The molecular weight excluding hydrogens is 462 g/mol. The number of benzene rings is 1. The topological polar surface area (TPSA) is 62.3 Å². The van der Waals surface area contributed by atoms with Crippen LogP contribution in [0, 0.1) is 0 Å². The second kappa shape index (κ2) is 10.7. The van der Waals surface area contributed by atoms with Crippen molar-refractivity contribution in [1.82, 2.24) is 4.90 Å². The fourth-order valence-corrected chi connectivity index (χ4v) is 5.24. The molecule has 1 aliphatic heterocycles. The van der Waals surface area contributed by atoms with E-state index in [1.54, 1.807) is 6.20 Å². The van der Waals surface area contributed by atoms with Gasteiger partial charge in [-0.25, -0.2) is 9.59 Å². The van der Waals surface area contributed by atoms with Crippen LogP contribution in [0.4, 0.5) is 11.4 Å². The maximum atomic E-state index is 13.1. The molecule has 188 valence electrons. The van der Waals surface area contributed by atoms with E-state index in [1.807, 2.05) is 45.3 Å². The third kappa shape index (κ3) is 7.71. The van der Waals surface area contributed by atoms with E-state index in [0.717, 1.165) is 51.3 Å². The number of anilines is 2. The second-order valence-corrected chi connectivity index (χ2v) is 20.0. The molecule has 0 N–H and O–H groups in total. The standard InChI is InChI=1S/C25H41N3O4Si2/c1-8-26-14-16-27(17-15-26)21-10-9-11-22(18-21)28(20-12-13-20)19-23(24(29)31-33(2,3)4)25(30)32-34(5,6)7/h9-11,18-20H,8,12-17H2,1-7H3. The van der Waals surface area contributed by atoms with E-state index in [-0.39, 0.29) is 11.6 Å². The zero-order valence-corrected chi connectivity index (χ0v) is 23.9. The van der Waals surface area contributed by atoms with Crippen LogP contribution in [0.2, 0.25) is 39.3 Å². The number of hydrogen-bond acceptors (Lipinski definition) is 7. The molecule has 1 saturated carbocycles. The predicted octanol–water partition coefficient (Wildman–Crippen LogP) is 4.44. The first-order valence-corrected chi connectivity index (χ1v) is 19.2. The molecule has 1 aromatic rings. The molecule has 2 aliphatic rings. The van der Waals surface area contributed by atoms with Crippen molar-refractivity contribution in [3.05, 3.63) is 36.0 Å². The van der Waals surface area contributed by atoms with E-state index in [1.165, 1.54) is 5.69 Å². The Balaban J connectivity index is 1.91. The van der Waals surface area contributed by atoms with Gasteiger partial charge in [0.05, 0.1) is 0 Å². The maximum absolute atomic E-state index is 13.1. The Morgan fingerprint density at radius 3 is 2.00 bits per heavy atom. The Kier molecular flexibility index (Phi) is 8.31. The van der Waals surface area contributed by atoms with Gasteiger partial charge < -0.3 is 23.6 Å². The zero-order valence-electron chi connectivity index (χ0n) is 21.9. The van der Waals surface area contributed by atoms with Gasteiger partial charge in [-0.2, -0.15) is 0 Å². The third-order valence-corrected chi connectivity index (χ3v) is 7.35. The fraction of sp³-hybridized carbons (Fsp3) is 0.600. The number of nitrogens with zero attached hydrogens (tertiary/aromatic N) is 3. The number of carbonyl (C=O) groups is 2. The molecule has 7 nitrogen and oxygen atoms in total. The van der Waals surface area contributed by atoms with Crippen molar-refractivity contribution < 1.29 is 18.4 Å². The van der Waals surface area contributed by atoms with Gasteiger partial charge in [0.25, 0.3) is 0 Å². The van der Waals surface area contributed by atoms with Crippen molar-refractivity contribution >= 4 is 39.9 Å². The van der Waals surface area contributed by atoms with E-state index in [4.69, 9.17) is 8.85 Å². The van der Waals surface area contributed by atoms with Crippen molar-refractivity contribution in [3.8, 4) is 0 Å². The van der Waals surface area contributed by atoms with Crippen molar-refractivity contribution in [2.24, 2.45) is 0 Å². The summed E-state index contributed by atoms with van der Waals surface area (Å²) in [6, 6.07) is 8.68. The van der Waals surface area contributed by atoms with Crippen molar-refractivity contribution in [2.75, 3.05) is 42.5 Å². The first-order chi connectivity index (χ1) is 15.9. The molecule has 1 heterocycles. The highest BCUT2D eigenvalue weighted by Crippen LogP contribution is 2.35. The van der Waals surface area contributed by atoms with Crippen LogP contribution in [0.15, 0.2) is 36.0 Å². The molecule has 0 radical (unpaired) electrons. The number of piperazine rings is 1. The molecule has 2 fully saturated rings. The van der Waals surface area contributed by atoms with Gasteiger partial charge in [0.15, 0.2) is 5.57 Å². The average Bonchev–Trinajstić information content (AvgIpc) is 3.57. The largest absolute Gasteiger partial charge is 0.516 e. The minimum atomic E-state index is -2.19. The highest BCUT2D eigenvalue weighted by atomic mass is 28.4. The van der Waals surface area contributed by atoms with Crippen LogP contribution >= 0.6 is 0 Å². The quantitative estimate of drug-likeness (QED) is 0.214. The molecule has 9 heteroatoms. The third-order valence-electron chi connectivity index (χ3n) is 5.76. The Hall–Kier alpha value is -2.11. The van der Waals surface area contributed by atoms with Gasteiger partial charge in [0, 0.05) is 49.8 Å². The lowest BCUT2D eigenvalue weighted by molar-refractivity contribution is -0.138. The van der Waals surface area contributed by atoms with Gasteiger partial charge in [-0.3, -0.25) is 0 Å². The van der Waals surface area contributed by atoms with Crippen LogP contribution in [0.1, 0.15) is 19.8 Å². The van der Waals surface area contributed by atoms with Gasteiger partial charge in [-0.15, -0.1) is 0 Å². The van der Waals surface area contributed by atoms with E-state index >= 15 is 0 Å². The molecule has 0 atom stereocenters. The molecule has 34 heavy (non-hydrogen) atoms. The minimum Gasteiger partial charge on any atom is -0.516 e. The Bertz CT molecular complexity index is 881. The molecule has 0 amide bonds. The van der Waals surface area contributed by atoms with Crippen LogP contribution in [0.3, 0.4) is 0 Å². The molecule has 0 bridgehead atoms. The lowest BCUT2D eigenvalue weighted by Gasteiger charge is -2.36. The molecule has 0 unspecified atom stereocenters. The number of carbonyl (C=O) groups excluding carboxylic acids is 2. The van der Waals surface area contributed by atoms with Crippen LogP contribution in [-0.4, -0.2) is 72.2 Å². The predicted molar refractivity (Wildman–Crippen MR) is 143 cm³/mol. The summed E-state index contributed by atoms with van der Waals surface area (Å²) in [5, 5.41) is 0. The smallest absolute Gasteiger partial charge is 0.333 e. The molecule has 1 aliphatic carbocycles. The SMILES string of the molecule is CCN1CCN(c2cccc(N(C=C(C(=O)O[Si](C)(C)C)C(=O)O[Si](C)(C)C)C3CC3)c2)CC1. The van der Waals surface area contributed by atoms with Crippen LogP contribution < -0.4 is 9.80 Å². The van der Waals surface area contributed by atoms with E-state index in [0.29, 0.717) is 0 Å². The maximum Gasteiger partial charge on any atom is 0.333 e. The van der Waals surface area contributed by atoms with Gasteiger partial charge in [-0.1, -0.05) is 13.0 Å². The van der Waals surface area contributed by atoms with Crippen LogP contribution in [-0.2, 0) is 18.4 Å². The van der Waals surface area contributed by atoms with Crippen LogP contribution in [0.5, 0.6) is 0 Å². The van der Waals surface area contributed by atoms with E-state index in [9.17, 15) is 9.59 Å². The number of rotatable bonds is 9. The van der Waals surface area contributed by atoms with Crippen molar-refractivity contribution in [2.45, 2.75) is 65.1 Å². The summed E-state index contributed by atoms with van der Waals surface area (Å²) in [6.45, 7) is 19.0. The summed E-state index contributed by atoms with van der Waals surface area (Å²) in [5.74, 6) is -1.17. The molecule has 3 rings (SSSR count). The first kappa shape index (κ1) is 26.5. The summed E-state index contributed by atoms with van der Waals surface area (Å²) in [4.78, 5) is 33.1.